The van der Waals surface area contributed by atoms with Crippen molar-refractivity contribution >= 4 is 10.9 Å². The van der Waals surface area contributed by atoms with Crippen LogP contribution in [0.25, 0.3) is 22.4 Å². The summed E-state index contributed by atoms with van der Waals surface area (Å²) in [6, 6.07) is 9.64. The summed E-state index contributed by atoms with van der Waals surface area (Å²) in [5, 5.41) is 8.83. The lowest BCUT2D eigenvalue weighted by Crippen LogP contribution is -1.95. The Hall–Kier alpha value is -2.27. The fourth-order valence-corrected chi connectivity index (χ4v) is 1.73. The second-order valence-electron chi connectivity index (χ2n) is 3.58. The lowest BCUT2D eigenvalue weighted by atomic mass is 10.1. The maximum Gasteiger partial charge on any atom is 0.248 e. The smallest absolute Gasteiger partial charge is 0.248 e. The van der Waals surface area contributed by atoms with E-state index in [2.05, 4.69) is 15.2 Å². The Labute approximate surface area is 97.3 Å². The molecule has 0 aliphatic carbocycles. The molecule has 0 saturated heterocycles. The summed E-state index contributed by atoms with van der Waals surface area (Å²) < 4.78 is 5.45. The number of benzene rings is 1. The van der Waals surface area contributed by atoms with E-state index >= 15 is 0 Å². The van der Waals surface area contributed by atoms with Crippen molar-refractivity contribution in [2.45, 2.75) is 6.54 Å². The largest absolute Gasteiger partial charge is 0.419 e. The van der Waals surface area contributed by atoms with Gasteiger partial charge in [-0.3, -0.25) is 4.98 Å². The average molecular weight is 226 g/mol. The SMILES string of the molecule is NCc1nnc(-c2cccc3ncccc23)o1. The molecule has 3 rings (SSSR count). The van der Waals surface area contributed by atoms with Gasteiger partial charge in [0, 0.05) is 17.1 Å². The molecule has 0 unspecified atom stereocenters. The predicted octanol–water partition coefficient (Wildman–Crippen LogP) is 1.74. The first kappa shape index (κ1) is 9.92. The molecule has 0 aliphatic heterocycles. The molecule has 5 nitrogen and oxygen atoms in total. The molecular weight excluding hydrogens is 216 g/mol. The summed E-state index contributed by atoms with van der Waals surface area (Å²) in [5.74, 6) is 0.907. The van der Waals surface area contributed by atoms with Crippen LogP contribution in [0.3, 0.4) is 0 Å². The van der Waals surface area contributed by atoms with Crippen LogP contribution in [0.1, 0.15) is 5.89 Å². The van der Waals surface area contributed by atoms with Crippen LogP contribution in [-0.2, 0) is 6.54 Å². The number of hydrogen-bond acceptors (Lipinski definition) is 5. The van der Waals surface area contributed by atoms with E-state index in [0.29, 0.717) is 11.8 Å². The van der Waals surface area contributed by atoms with Crippen LogP contribution in [0.4, 0.5) is 0 Å². The van der Waals surface area contributed by atoms with Gasteiger partial charge >= 0.3 is 0 Å². The van der Waals surface area contributed by atoms with Crippen LogP contribution in [0.15, 0.2) is 40.9 Å². The van der Waals surface area contributed by atoms with Crippen LogP contribution in [0, 0.1) is 0 Å². The number of aromatic nitrogens is 3. The molecule has 84 valence electrons. The van der Waals surface area contributed by atoms with E-state index in [1.54, 1.807) is 6.20 Å². The highest BCUT2D eigenvalue weighted by Gasteiger charge is 2.10. The number of pyridine rings is 1. The number of hydrogen-bond donors (Lipinski definition) is 1. The molecule has 1 aromatic carbocycles. The van der Waals surface area contributed by atoms with Crippen LogP contribution < -0.4 is 5.73 Å². The molecule has 2 aromatic heterocycles. The molecule has 0 bridgehead atoms. The Morgan fingerprint density at radius 3 is 2.88 bits per heavy atom. The zero-order valence-electron chi connectivity index (χ0n) is 9.00. The third kappa shape index (κ3) is 1.66. The number of nitrogens with two attached hydrogens (primary N) is 1. The Morgan fingerprint density at radius 1 is 1.12 bits per heavy atom. The molecule has 0 fully saturated rings. The van der Waals surface area contributed by atoms with Crippen molar-refractivity contribution in [2.75, 3.05) is 0 Å². The van der Waals surface area contributed by atoms with Gasteiger partial charge in [-0.2, -0.15) is 0 Å². The van der Waals surface area contributed by atoms with E-state index in [-0.39, 0.29) is 6.54 Å². The van der Waals surface area contributed by atoms with Crippen molar-refractivity contribution in [3.05, 3.63) is 42.4 Å². The van der Waals surface area contributed by atoms with Crippen molar-refractivity contribution in [3.8, 4) is 11.5 Å². The Bertz CT molecular complexity index is 657. The average Bonchev–Trinajstić information content (AvgIpc) is 2.87. The standard InChI is InChI=1S/C12H10N4O/c13-7-11-15-16-12(17-11)9-3-1-5-10-8(9)4-2-6-14-10/h1-6H,7,13H2. The summed E-state index contributed by atoms with van der Waals surface area (Å²) in [5.41, 5.74) is 7.22. The maximum absolute atomic E-state index is 5.45. The van der Waals surface area contributed by atoms with Gasteiger partial charge in [-0.25, -0.2) is 0 Å². The van der Waals surface area contributed by atoms with Gasteiger partial charge in [0.15, 0.2) is 0 Å². The predicted molar refractivity (Wildman–Crippen MR) is 62.9 cm³/mol. The first-order valence-electron chi connectivity index (χ1n) is 5.25. The molecule has 3 aromatic rings. The van der Waals surface area contributed by atoms with E-state index in [1.165, 1.54) is 0 Å². The monoisotopic (exact) mass is 226 g/mol. The van der Waals surface area contributed by atoms with Crippen molar-refractivity contribution in [1.29, 1.82) is 0 Å². The van der Waals surface area contributed by atoms with Gasteiger partial charge in [0.25, 0.3) is 0 Å². The molecule has 0 aliphatic rings. The molecule has 17 heavy (non-hydrogen) atoms. The summed E-state index contributed by atoms with van der Waals surface area (Å²) >= 11 is 0. The summed E-state index contributed by atoms with van der Waals surface area (Å²) in [6.45, 7) is 0.246. The Balaban J connectivity index is 2.23. The van der Waals surface area contributed by atoms with Gasteiger partial charge in [-0.1, -0.05) is 12.1 Å². The highest BCUT2D eigenvalue weighted by Crippen LogP contribution is 2.26. The fraction of sp³-hybridized carbons (Fsp3) is 0.0833. The number of nitrogens with zero attached hydrogens (tertiary/aromatic N) is 3. The summed E-state index contributed by atoms with van der Waals surface area (Å²) in [6.07, 6.45) is 1.76. The molecule has 0 spiro atoms. The van der Waals surface area contributed by atoms with E-state index < -0.39 is 0 Å². The highest BCUT2D eigenvalue weighted by atomic mass is 16.4. The quantitative estimate of drug-likeness (QED) is 0.720. The van der Waals surface area contributed by atoms with Gasteiger partial charge < -0.3 is 10.2 Å². The second-order valence-corrected chi connectivity index (χ2v) is 3.58. The third-order valence-corrected chi connectivity index (χ3v) is 2.52. The minimum atomic E-state index is 0.246. The van der Waals surface area contributed by atoms with Crippen LogP contribution in [0.2, 0.25) is 0 Å². The van der Waals surface area contributed by atoms with Crippen molar-refractivity contribution in [3.63, 3.8) is 0 Å². The van der Waals surface area contributed by atoms with Crippen LogP contribution >= 0.6 is 0 Å². The number of fused-ring (bicyclic) bond motifs is 1. The van der Waals surface area contributed by atoms with Gasteiger partial charge in [0.2, 0.25) is 11.8 Å². The second kappa shape index (κ2) is 3.95. The zero-order chi connectivity index (χ0) is 11.7. The molecule has 2 N–H and O–H groups in total. The van der Waals surface area contributed by atoms with Crippen molar-refractivity contribution in [2.24, 2.45) is 5.73 Å². The summed E-state index contributed by atoms with van der Waals surface area (Å²) in [4.78, 5) is 4.28. The van der Waals surface area contributed by atoms with Crippen molar-refractivity contribution < 1.29 is 4.42 Å². The molecule has 5 heteroatoms. The Kier molecular flexibility index (Phi) is 2.31. The van der Waals surface area contributed by atoms with Crippen LogP contribution in [0.5, 0.6) is 0 Å². The number of rotatable bonds is 2. The first-order chi connectivity index (χ1) is 8.38. The van der Waals surface area contributed by atoms with Gasteiger partial charge in [-0.05, 0) is 18.2 Å². The molecule has 0 atom stereocenters. The van der Waals surface area contributed by atoms with Crippen LogP contribution in [-0.4, -0.2) is 15.2 Å². The lowest BCUT2D eigenvalue weighted by Gasteiger charge is -2.00. The van der Waals surface area contributed by atoms with E-state index in [1.807, 2.05) is 30.3 Å². The van der Waals surface area contributed by atoms with E-state index in [4.69, 9.17) is 10.2 Å². The maximum atomic E-state index is 5.45. The van der Waals surface area contributed by atoms with Gasteiger partial charge in [0.1, 0.15) is 0 Å². The molecule has 0 saturated carbocycles. The topological polar surface area (TPSA) is 77.8 Å². The summed E-state index contributed by atoms with van der Waals surface area (Å²) in [7, 11) is 0. The molecule has 0 radical (unpaired) electrons. The highest BCUT2D eigenvalue weighted by molar-refractivity contribution is 5.92. The minimum Gasteiger partial charge on any atom is -0.419 e. The van der Waals surface area contributed by atoms with E-state index in [0.717, 1.165) is 16.5 Å². The molecule has 2 heterocycles. The minimum absolute atomic E-state index is 0.246. The molecular formula is C12H10N4O. The van der Waals surface area contributed by atoms with Gasteiger partial charge in [0.05, 0.1) is 12.1 Å². The normalized spacial score (nSPS) is 10.9. The zero-order valence-corrected chi connectivity index (χ0v) is 9.00. The third-order valence-electron chi connectivity index (χ3n) is 2.52. The molecule has 0 amide bonds. The Morgan fingerprint density at radius 2 is 2.06 bits per heavy atom. The van der Waals surface area contributed by atoms with E-state index in [9.17, 15) is 0 Å². The lowest BCUT2D eigenvalue weighted by molar-refractivity contribution is 0.509. The first-order valence-corrected chi connectivity index (χ1v) is 5.25. The van der Waals surface area contributed by atoms with Crippen molar-refractivity contribution in [1.82, 2.24) is 15.2 Å². The fourth-order valence-electron chi connectivity index (χ4n) is 1.73. The van der Waals surface area contributed by atoms with Gasteiger partial charge in [-0.15, -0.1) is 10.2 Å².